The van der Waals surface area contributed by atoms with E-state index in [1.165, 1.54) is 11.3 Å². The van der Waals surface area contributed by atoms with E-state index in [1.54, 1.807) is 6.07 Å². The van der Waals surface area contributed by atoms with Gasteiger partial charge in [-0.25, -0.2) is 4.79 Å². The molecule has 6 heteroatoms. The summed E-state index contributed by atoms with van der Waals surface area (Å²) in [6, 6.07) is 7.38. The Bertz CT molecular complexity index is 921. The van der Waals surface area contributed by atoms with Crippen LogP contribution in [0, 0.1) is 0 Å². The summed E-state index contributed by atoms with van der Waals surface area (Å²) >= 11 is 1.33. The van der Waals surface area contributed by atoms with Gasteiger partial charge in [0.2, 0.25) is 0 Å². The van der Waals surface area contributed by atoms with Crippen molar-refractivity contribution in [1.82, 2.24) is 0 Å². The van der Waals surface area contributed by atoms with Gasteiger partial charge in [0.1, 0.15) is 22.1 Å². The van der Waals surface area contributed by atoms with Gasteiger partial charge < -0.3 is 14.5 Å². The third-order valence-corrected chi connectivity index (χ3v) is 4.73. The summed E-state index contributed by atoms with van der Waals surface area (Å²) in [6.07, 6.45) is 1.17. The van der Waals surface area contributed by atoms with Crippen molar-refractivity contribution >= 4 is 44.0 Å². The first-order chi connectivity index (χ1) is 10.7. The van der Waals surface area contributed by atoms with Gasteiger partial charge in [0.05, 0.1) is 0 Å². The van der Waals surface area contributed by atoms with Crippen molar-refractivity contribution in [3.63, 3.8) is 0 Å². The zero-order valence-corrected chi connectivity index (χ0v) is 12.4. The van der Waals surface area contributed by atoms with Gasteiger partial charge in [-0.1, -0.05) is 18.2 Å². The number of nitrogens with one attached hydrogen (secondary N) is 1. The second kappa shape index (κ2) is 5.23. The molecular weight excluding hydrogens is 302 g/mol. The minimum Gasteiger partial charge on any atom is -0.422 e. The molecule has 3 aromatic rings. The molecule has 4 rings (SSSR count). The molecule has 0 bridgehead atoms. The van der Waals surface area contributed by atoms with Crippen molar-refractivity contribution in [3.05, 3.63) is 40.1 Å². The van der Waals surface area contributed by atoms with Crippen molar-refractivity contribution in [2.75, 3.05) is 11.9 Å². The first kappa shape index (κ1) is 13.5. The van der Waals surface area contributed by atoms with Crippen LogP contribution in [0.5, 0.6) is 0 Å². The van der Waals surface area contributed by atoms with E-state index in [-0.39, 0.29) is 5.91 Å². The van der Waals surface area contributed by atoms with Gasteiger partial charge in [0.15, 0.2) is 0 Å². The number of benzene rings is 1. The highest BCUT2D eigenvalue weighted by atomic mass is 32.1. The Morgan fingerprint density at radius 1 is 1.27 bits per heavy atom. The molecule has 0 radical (unpaired) electrons. The number of hydrogen-bond donors (Lipinski definition) is 1. The van der Waals surface area contributed by atoms with Crippen LogP contribution in [0.2, 0.25) is 0 Å². The number of carbonyl (C=O) groups excluding carboxylic acids is 1. The van der Waals surface area contributed by atoms with E-state index in [0.29, 0.717) is 29.0 Å². The molecule has 5 nitrogen and oxygen atoms in total. The predicted octanol–water partition coefficient (Wildman–Crippen LogP) is 3.13. The minimum absolute atomic E-state index is 0.200. The quantitative estimate of drug-likeness (QED) is 0.738. The molecule has 22 heavy (non-hydrogen) atoms. The van der Waals surface area contributed by atoms with Crippen LogP contribution in [-0.2, 0) is 9.53 Å². The number of thiophene rings is 1. The molecule has 112 valence electrons. The van der Waals surface area contributed by atoms with Gasteiger partial charge in [0.25, 0.3) is 5.91 Å². The van der Waals surface area contributed by atoms with Crippen LogP contribution in [0.3, 0.4) is 0 Å². The highest BCUT2D eigenvalue weighted by molar-refractivity contribution is 7.16. The zero-order chi connectivity index (χ0) is 15.1. The second-order valence-corrected chi connectivity index (χ2v) is 6.11. The molecule has 1 unspecified atom stereocenters. The number of rotatable bonds is 2. The standard InChI is InChI=1S/C16H13NO4S/c18-14(12-6-3-7-20-12)17-15-13-10(8-22-15)9-4-1-2-5-11(9)21-16(13)19/h1-2,4-5,8,12H,3,6-7H2,(H,17,18). The Hall–Kier alpha value is -2.18. The van der Waals surface area contributed by atoms with E-state index in [0.717, 1.165) is 17.2 Å². The average molecular weight is 315 g/mol. The molecule has 1 aliphatic heterocycles. The van der Waals surface area contributed by atoms with Gasteiger partial charge in [-0.05, 0) is 18.9 Å². The number of hydrogen-bond acceptors (Lipinski definition) is 5. The third kappa shape index (κ3) is 2.12. The van der Waals surface area contributed by atoms with Crippen LogP contribution >= 0.6 is 11.3 Å². The Morgan fingerprint density at radius 2 is 2.14 bits per heavy atom. The fourth-order valence-electron chi connectivity index (χ4n) is 2.76. The number of carbonyl (C=O) groups is 1. The van der Waals surface area contributed by atoms with Crippen LogP contribution in [-0.4, -0.2) is 18.6 Å². The molecule has 1 atom stereocenters. The molecule has 1 N–H and O–H groups in total. The van der Waals surface area contributed by atoms with E-state index in [2.05, 4.69) is 5.32 Å². The third-order valence-electron chi connectivity index (χ3n) is 3.83. The van der Waals surface area contributed by atoms with Gasteiger partial charge in [-0.3, -0.25) is 4.79 Å². The molecule has 1 aliphatic rings. The Kier molecular flexibility index (Phi) is 3.20. The summed E-state index contributed by atoms with van der Waals surface area (Å²) in [5.74, 6) is -0.200. The van der Waals surface area contributed by atoms with E-state index < -0.39 is 11.7 Å². The fraction of sp³-hybridized carbons (Fsp3) is 0.250. The molecular formula is C16H13NO4S. The summed E-state index contributed by atoms with van der Waals surface area (Å²) in [6.45, 7) is 0.607. The average Bonchev–Trinajstić information content (AvgIpc) is 3.17. The molecule has 1 saturated heterocycles. The number of amides is 1. The van der Waals surface area contributed by atoms with Gasteiger partial charge in [-0.2, -0.15) is 0 Å². The molecule has 1 amide bonds. The predicted molar refractivity (Wildman–Crippen MR) is 85.5 cm³/mol. The van der Waals surface area contributed by atoms with Crippen LogP contribution in [0.25, 0.3) is 21.7 Å². The van der Waals surface area contributed by atoms with Crippen molar-refractivity contribution in [2.45, 2.75) is 18.9 Å². The largest absolute Gasteiger partial charge is 0.422 e. The monoisotopic (exact) mass is 315 g/mol. The summed E-state index contributed by atoms with van der Waals surface area (Å²) in [5.41, 5.74) is 0.118. The lowest BCUT2D eigenvalue weighted by Gasteiger charge is -2.09. The van der Waals surface area contributed by atoms with E-state index in [9.17, 15) is 9.59 Å². The van der Waals surface area contributed by atoms with Gasteiger partial charge in [0, 0.05) is 22.8 Å². The van der Waals surface area contributed by atoms with E-state index in [4.69, 9.17) is 9.15 Å². The van der Waals surface area contributed by atoms with Gasteiger partial charge >= 0.3 is 5.63 Å². The highest BCUT2D eigenvalue weighted by Crippen LogP contribution is 2.33. The minimum atomic E-state index is -0.433. The maximum Gasteiger partial charge on any atom is 0.347 e. The molecule has 0 aliphatic carbocycles. The lowest BCUT2D eigenvalue weighted by Crippen LogP contribution is -2.26. The number of anilines is 1. The first-order valence-electron chi connectivity index (χ1n) is 7.09. The molecule has 3 heterocycles. The van der Waals surface area contributed by atoms with Gasteiger partial charge in [-0.15, -0.1) is 11.3 Å². The Labute approximate surface area is 129 Å². The van der Waals surface area contributed by atoms with Crippen molar-refractivity contribution in [3.8, 4) is 0 Å². The van der Waals surface area contributed by atoms with Crippen LogP contribution < -0.4 is 10.9 Å². The lowest BCUT2D eigenvalue weighted by atomic mass is 10.1. The number of fused-ring (bicyclic) bond motifs is 3. The number of ether oxygens (including phenoxy) is 1. The summed E-state index contributed by atoms with van der Waals surface area (Å²) in [7, 11) is 0. The second-order valence-electron chi connectivity index (χ2n) is 5.23. The van der Waals surface area contributed by atoms with Crippen LogP contribution in [0.4, 0.5) is 5.00 Å². The fourth-order valence-corrected chi connectivity index (χ4v) is 3.71. The Balaban J connectivity index is 1.80. The molecule has 1 aromatic carbocycles. The lowest BCUT2D eigenvalue weighted by molar-refractivity contribution is -0.124. The summed E-state index contributed by atoms with van der Waals surface area (Å²) < 4.78 is 10.7. The number of para-hydroxylation sites is 1. The van der Waals surface area contributed by atoms with E-state index in [1.807, 2.05) is 23.6 Å². The van der Waals surface area contributed by atoms with Crippen molar-refractivity contribution < 1.29 is 13.9 Å². The molecule has 1 fully saturated rings. The normalized spacial score (nSPS) is 18.1. The van der Waals surface area contributed by atoms with Crippen LogP contribution in [0.15, 0.2) is 38.9 Å². The molecule has 0 saturated carbocycles. The summed E-state index contributed by atoms with van der Waals surface area (Å²) in [5, 5.41) is 7.30. The maximum absolute atomic E-state index is 12.2. The zero-order valence-electron chi connectivity index (χ0n) is 11.6. The highest BCUT2D eigenvalue weighted by Gasteiger charge is 2.25. The topological polar surface area (TPSA) is 68.5 Å². The Morgan fingerprint density at radius 3 is 2.95 bits per heavy atom. The SMILES string of the molecule is O=C(Nc1scc2c1c(=O)oc1ccccc12)C1CCCO1. The smallest absolute Gasteiger partial charge is 0.347 e. The molecule has 0 spiro atoms. The van der Waals surface area contributed by atoms with Crippen molar-refractivity contribution in [2.24, 2.45) is 0 Å². The first-order valence-corrected chi connectivity index (χ1v) is 7.97. The van der Waals surface area contributed by atoms with Crippen molar-refractivity contribution in [1.29, 1.82) is 0 Å². The van der Waals surface area contributed by atoms with E-state index >= 15 is 0 Å². The molecule has 2 aromatic heterocycles. The summed E-state index contributed by atoms with van der Waals surface area (Å²) in [4.78, 5) is 24.4. The maximum atomic E-state index is 12.2. The van der Waals surface area contributed by atoms with Crippen LogP contribution in [0.1, 0.15) is 12.8 Å².